The van der Waals surface area contributed by atoms with Gasteiger partial charge in [-0.2, -0.15) is 0 Å². The quantitative estimate of drug-likeness (QED) is 0.574. The molecule has 1 N–H and O–H groups in total. The number of nitro benzene ring substituents is 1. The van der Waals surface area contributed by atoms with Gasteiger partial charge in [0.2, 0.25) is 0 Å². The van der Waals surface area contributed by atoms with Gasteiger partial charge < -0.3 is 19.7 Å². The van der Waals surface area contributed by atoms with Gasteiger partial charge in [0.25, 0.3) is 11.6 Å². The smallest absolute Gasteiger partial charge is 0.286 e. The lowest BCUT2D eigenvalue weighted by Gasteiger charge is -2.21. The predicted octanol–water partition coefficient (Wildman–Crippen LogP) is 3.58. The molecule has 1 atom stereocenters. The molecule has 4 rings (SSSR count). The van der Waals surface area contributed by atoms with Gasteiger partial charge in [-0.25, -0.2) is 0 Å². The molecule has 0 aromatic heterocycles. The van der Waals surface area contributed by atoms with Crippen molar-refractivity contribution in [2.24, 2.45) is 5.92 Å². The summed E-state index contributed by atoms with van der Waals surface area (Å²) in [5, 5.41) is 15.0. The molecule has 30 heavy (non-hydrogen) atoms. The molecule has 8 nitrogen and oxygen atoms in total. The maximum atomic E-state index is 12.7. The molecule has 0 saturated carbocycles. The number of amides is 1. The molecule has 9 heteroatoms. The molecule has 1 amide bonds. The van der Waals surface area contributed by atoms with Crippen molar-refractivity contribution in [1.82, 2.24) is 5.32 Å². The van der Waals surface area contributed by atoms with Crippen molar-refractivity contribution in [3.63, 3.8) is 0 Å². The Morgan fingerprint density at radius 1 is 1.27 bits per heavy atom. The van der Waals surface area contributed by atoms with E-state index < -0.39 is 10.8 Å². The van der Waals surface area contributed by atoms with Crippen LogP contribution >= 0.6 is 11.6 Å². The van der Waals surface area contributed by atoms with Gasteiger partial charge in [-0.1, -0.05) is 17.7 Å². The van der Waals surface area contributed by atoms with E-state index in [-0.39, 0.29) is 22.9 Å². The molecule has 2 aliphatic heterocycles. The Bertz CT molecular complexity index is 997. The highest BCUT2D eigenvalue weighted by atomic mass is 35.5. The van der Waals surface area contributed by atoms with E-state index in [2.05, 4.69) is 10.2 Å². The summed E-state index contributed by atoms with van der Waals surface area (Å²) in [6.07, 6.45) is 0.912. The third-order valence-electron chi connectivity index (χ3n) is 5.45. The number of anilines is 1. The van der Waals surface area contributed by atoms with E-state index in [1.54, 1.807) is 0 Å². The second-order valence-corrected chi connectivity index (χ2v) is 7.95. The second-order valence-electron chi connectivity index (χ2n) is 7.51. The van der Waals surface area contributed by atoms with E-state index in [4.69, 9.17) is 21.1 Å². The highest BCUT2D eigenvalue weighted by Crippen LogP contribution is 2.36. The summed E-state index contributed by atoms with van der Waals surface area (Å²) in [5.74, 6) is 0.382. The summed E-state index contributed by atoms with van der Waals surface area (Å²) in [6.45, 7) is 4.78. The van der Waals surface area contributed by atoms with E-state index in [1.165, 1.54) is 12.1 Å². The number of hydrogen-bond donors (Lipinski definition) is 1. The van der Waals surface area contributed by atoms with Crippen LogP contribution in [0.1, 0.15) is 22.3 Å². The van der Waals surface area contributed by atoms with Crippen LogP contribution in [-0.4, -0.2) is 43.7 Å². The average Bonchev–Trinajstić information content (AvgIpc) is 3.21. The molecule has 2 aromatic carbocycles. The topological polar surface area (TPSA) is 93.9 Å². The lowest BCUT2D eigenvalue weighted by molar-refractivity contribution is -0.385. The summed E-state index contributed by atoms with van der Waals surface area (Å²) in [4.78, 5) is 25.8. The molecule has 2 heterocycles. The number of nitro groups is 1. The van der Waals surface area contributed by atoms with Gasteiger partial charge in [0.05, 0.1) is 11.0 Å². The molecule has 2 aliphatic rings. The predicted molar refractivity (Wildman–Crippen MR) is 113 cm³/mol. The van der Waals surface area contributed by atoms with Crippen molar-refractivity contribution < 1.29 is 19.2 Å². The van der Waals surface area contributed by atoms with E-state index >= 15 is 0 Å². The summed E-state index contributed by atoms with van der Waals surface area (Å²) >= 11 is 6.14. The maximum Gasteiger partial charge on any atom is 0.286 e. The minimum Gasteiger partial charge on any atom is -0.486 e. The number of carbonyl (C=O) groups excluding carboxylic acids is 1. The number of halogens is 1. The van der Waals surface area contributed by atoms with Crippen molar-refractivity contribution in [2.75, 3.05) is 37.7 Å². The summed E-state index contributed by atoms with van der Waals surface area (Å²) in [7, 11) is 0. The Balaban J connectivity index is 1.43. The molecule has 158 valence electrons. The van der Waals surface area contributed by atoms with Crippen LogP contribution in [0.15, 0.2) is 30.3 Å². The van der Waals surface area contributed by atoms with Crippen LogP contribution in [0.4, 0.5) is 11.4 Å². The number of nitrogens with zero attached hydrogens (tertiary/aromatic N) is 2. The zero-order chi connectivity index (χ0) is 21.3. The van der Waals surface area contributed by atoms with Crippen molar-refractivity contribution in [3.05, 3.63) is 56.6 Å². The molecule has 0 aliphatic carbocycles. The average molecular weight is 432 g/mol. The van der Waals surface area contributed by atoms with Crippen LogP contribution in [0.25, 0.3) is 0 Å². The SMILES string of the molecule is Cc1ccc(Cl)cc1N1CCC(CNC(=O)c2cc3c(cc2[N+](=O)[O-])OCCO3)C1. The summed E-state index contributed by atoms with van der Waals surface area (Å²) in [6, 6.07) is 8.46. The molecule has 1 saturated heterocycles. The van der Waals surface area contributed by atoms with Crippen LogP contribution in [0, 0.1) is 23.0 Å². The van der Waals surface area contributed by atoms with Gasteiger partial charge in [-0.05, 0) is 37.0 Å². The van der Waals surface area contributed by atoms with Gasteiger partial charge >= 0.3 is 0 Å². The van der Waals surface area contributed by atoms with Gasteiger partial charge in [-0.15, -0.1) is 0 Å². The highest BCUT2D eigenvalue weighted by Gasteiger charge is 2.28. The standard InChI is InChI=1S/C21H22ClN3O5/c1-13-2-3-15(22)8-17(13)24-5-4-14(12-24)11-23-21(26)16-9-19-20(30-7-6-29-19)10-18(16)25(27)28/h2-3,8-10,14H,4-7,11-12H2,1H3,(H,23,26). The fraction of sp³-hybridized carbons (Fsp3) is 0.381. The Hall–Kier alpha value is -3.00. The minimum absolute atomic E-state index is 0.0233. The molecule has 2 aromatic rings. The fourth-order valence-electron chi connectivity index (χ4n) is 3.88. The second kappa shape index (κ2) is 8.39. The largest absolute Gasteiger partial charge is 0.486 e. The maximum absolute atomic E-state index is 12.7. The Labute approximate surface area is 178 Å². The monoisotopic (exact) mass is 431 g/mol. The number of aryl methyl sites for hydroxylation is 1. The molecular formula is C21H22ClN3O5. The first-order valence-corrected chi connectivity index (χ1v) is 10.2. The van der Waals surface area contributed by atoms with Crippen LogP contribution in [-0.2, 0) is 0 Å². The van der Waals surface area contributed by atoms with Crippen molar-refractivity contribution in [2.45, 2.75) is 13.3 Å². The van der Waals surface area contributed by atoms with Gasteiger partial charge in [0.1, 0.15) is 18.8 Å². The summed E-state index contributed by atoms with van der Waals surface area (Å²) < 4.78 is 10.9. The first kappa shape index (κ1) is 20.3. The van der Waals surface area contributed by atoms with Gasteiger partial charge in [0.15, 0.2) is 11.5 Å². The van der Waals surface area contributed by atoms with Crippen molar-refractivity contribution >= 4 is 28.9 Å². The Morgan fingerprint density at radius 2 is 2.00 bits per heavy atom. The molecule has 0 radical (unpaired) electrons. The summed E-state index contributed by atoms with van der Waals surface area (Å²) in [5.41, 5.74) is 1.93. The number of carbonyl (C=O) groups is 1. The minimum atomic E-state index is -0.577. The Kier molecular flexibility index (Phi) is 5.67. The number of nitrogens with one attached hydrogen (secondary N) is 1. The zero-order valence-electron chi connectivity index (χ0n) is 16.5. The number of benzene rings is 2. The number of hydrogen-bond acceptors (Lipinski definition) is 6. The lowest BCUT2D eigenvalue weighted by Crippen LogP contribution is -2.31. The molecular weight excluding hydrogens is 410 g/mol. The molecule has 1 unspecified atom stereocenters. The van der Waals surface area contributed by atoms with E-state index in [9.17, 15) is 14.9 Å². The van der Waals surface area contributed by atoms with E-state index in [0.29, 0.717) is 30.5 Å². The number of fused-ring (bicyclic) bond motifs is 1. The molecule has 1 fully saturated rings. The molecule has 0 spiro atoms. The Morgan fingerprint density at radius 3 is 2.73 bits per heavy atom. The fourth-order valence-corrected chi connectivity index (χ4v) is 4.05. The van der Waals surface area contributed by atoms with Crippen LogP contribution in [0.3, 0.4) is 0 Å². The van der Waals surface area contributed by atoms with Crippen LogP contribution in [0.2, 0.25) is 5.02 Å². The van der Waals surface area contributed by atoms with E-state index in [1.807, 2.05) is 25.1 Å². The van der Waals surface area contributed by atoms with Crippen LogP contribution < -0.4 is 19.7 Å². The van der Waals surface area contributed by atoms with Gasteiger partial charge in [0, 0.05) is 36.4 Å². The first-order chi connectivity index (χ1) is 14.4. The number of rotatable bonds is 5. The normalized spacial score (nSPS) is 17.7. The molecule has 0 bridgehead atoms. The zero-order valence-corrected chi connectivity index (χ0v) is 17.3. The highest BCUT2D eigenvalue weighted by molar-refractivity contribution is 6.30. The first-order valence-electron chi connectivity index (χ1n) is 9.79. The van der Waals surface area contributed by atoms with Crippen molar-refractivity contribution in [1.29, 1.82) is 0 Å². The van der Waals surface area contributed by atoms with E-state index in [0.717, 1.165) is 30.8 Å². The third-order valence-corrected chi connectivity index (χ3v) is 5.69. The lowest BCUT2D eigenvalue weighted by atomic mass is 10.1. The van der Waals surface area contributed by atoms with Crippen molar-refractivity contribution in [3.8, 4) is 11.5 Å². The number of ether oxygens (including phenoxy) is 2. The third kappa shape index (κ3) is 4.14. The van der Waals surface area contributed by atoms with Crippen LogP contribution in [0.5, 0.6) is 11.5 Å². The van der Waals surface area contributed by atoms with Gasteiger partial charge in [-0.3, -0.25) is 14.9 Å².